The first-order valence-electron chi connectivity index (χ1n) is 8.75. The first-order valence-corrected chi connectivity index (χ1v) is 8.75. The van der Waals surface area contributed by atoms with Crippen LogP contribution in [0.3, 0.4) is 0 Å². The highest BCUT2D eigenvalue weighted by Crippen LogP contribution is 2.39. The van der Waals surface area contributed by atoms with Crippen LogP contribution >= 0.6 is 0 Å². The predicted octanol–water partition coefficient (Wildman–Crippen LogP) is 2.99. The minimum atomic E-state index is -0.540. The minimum absolute atomic E-state index is 0.0545. The first kappa shape index (κ1) is 17.2. The number of ether oxygens (including phenoxy) is 3. The molecular weight excluding hydrogens is 348 g/mol. The lowest BCUT2D eigenvalue weighted by atomic mass is 10.1. The number of fused-ring (bicyclic) bond motifs is 2. The summed E-state index contributed by atoms with van der Waals surface area (Å²) in [5, 5.41) is 5.61. The van der Waals surface area contributed by atoms with Gasteiger partial charge in [0.1, 0.15) is 11.9 Å². The van der Waals surface area contributed by atoms with Crippen LogP contribution in [0, 0.1) is 0 Å². The number of benzene rings is 2. The van der Waals surface area contributed by atoms with Crippen LogP contribution in [0.15, 0.2) is 30.3 Å². The van der Waals surface area contributed by atoms with Crippen molar-refractivity contribution < 1.29 is 23.8 Å². The Balaban J connectivity index is 1.58. The normalized spacial score (nSPS) is 19.9. The Labute approximate surface area is 156 Å². The van der Waals surface area contributed by atoms with E-state index in [1.807, 2.05) is 13.0 Å². The number of hydrogen-bond acceptors (Lipinski definition) is 5. The van der Waals surface area contributed by atoms with E-state index in [2.05, 4.69) is 10.6 Å². The van der Waals surface area contributed by atoms with E-state index in [9.17, 15) is 9.59 Å². The van der Waals surface area contributed by atoms with E-state index in [1.54, 1.807) is 38.3 Å². The molecule has 7 nitrogen and oxygen atoms in total. The van der Waals surface area contributed by atoms with Gasteiger partial charge in [-0.3, -0.25) is 9.59 Å². The number of rotatable bonds is 3. The van der Waals surface area contributed by atoms with Gasteiger partial charge in [-0.05, 0) is 44.2 Å². The highest BCUT2D eigenvalue weighted by molar-refractivity contribution is 6.06. The zero-order valence-corrected chi connectivity index (χ0v) is 15.3. The lowest BCUT2D eigenvalue weighted by Crippen LogP contribution is -2.34. The molecule has 0 spiro atoms. The Kier molecular flexibility index (Phi) is 4.14. The maximum absolute atomic E-state index is 12.7. The lowest BCUT2D eigenvalue weighted by molar-refractivity contribution is -0.122. The minimum Gasteiger partial charge on any atom is -0.493 e. The fourth-order valence-electron chi connectivity index (χ4n) is 3.27. The highest BCUT2D eigenvalue weighted by Gasteiger charge is 2.26. The first-order chi connectivity index (χ1) is 12.9. The number of methoxy groups -OCH3 is 1. The second-order valence-corrected chi connectivity index (χ2v) is 6.71. The van der Waals surface area contributed by atoms with E-state index in [4.69, 9.17) is 14.2 Å². The van der Waals surface area contributed by atoms with Crippen LogP contribution in [-0.2, 0) is 11.2 Å². The molecule has 0 aromatic heterocycles. The maximum Gasteiger partial charge on any atom is 0.265 e. The molecule has 0 aliphatic carbocycles. The number of nitrogens with one attached hydrogen (secondary N) is 2. The third-order valence-corrected chi connectivity index (χ3v) is 4.61. The highest BCUT2D eigenvalue weighted by atomic mass is 16.5. The number of hydrogen-bond donors (Lipinski definition) is 2. The molecular formula is C20H20N2O5. The Morgan fingerprint density at radius 1 is 1.22 bits per heavy atom. The zero-order valence-electron chi connectivity index (χ0n) is 15.3. The van der Waals surface area contributed by atoms with Crippen molar-refractivity contribution in [2.45, 2.75) is 32.5 Å². The molecule has 2 amide bonds. The predicted molar refractivity (Wildman–Crippen MR) is 99.9 cm³/mol. The molecule has 0 saturated carbocycles. The summed E-state index contributed by atoms with van der Waals surface area (Å²) in [7, 11) is 1.55. The van der Waals surface area contributed by atoms with Gasteiger partial charge in [-0.1, -0.05) is 0 Å². The summed E-state index contributed by atoms with van der Waals surface area (Å²) in [6.07, 6.45) is 0.244. The fourth-order valence-corrected chi connectivity index (χ4v) is 3.27. The van der Waals surface area contributed by atoms with E-state index in [0.29, 0.717) is 34.2 Å². The summed E-state index contributed by atoms with van der Waals surface area (Å²) in [6.45, 7) is 3.66. The molecule has 0 radical (unpaired) electrons. The molecule has 2 aromatic carbocycles. The molecule has 2 aliphatic heterocycles. The third-order valence-electron chi connectivity index (χ3n) is 4.61. The van der Waals surface area contributed by atoms with Gasteiger partial charge in [0.15, 0.2) is 17.6 Å². The van der Waals surface area contributed by atoms with Crippen LogP contribution in [0.5, 0.6) is 17.2 Å². The number of anilines is 2. The van der Waals surface area contributed by atoms with Crippen molar-refractivity contribution in [1.82, 2.24) is 0 Å². The Bertz CT molecular complexity index is 940. The van der Waals surface area contributed by atoms with Crippen LogP contribution in [0.25, 0.3) is 0 Å². The van der Waals surface area contributed by atoms with Gasteiger partial charge >= 0.3 is 0 Å². The van der Waals surface area contributed by atoms with Crippen LogP contribution in [0.1, 0.15) is 29.8 Å². The molecule has 27 heavy (non-hydrogen) atoms. The third kappa shape index (κ3) is 3.16. The van der Waals surface area contributed by atoms with Crippen LogP contribution < -0.4 is 24.8 Å². The summed E-state index contributed by atoms with van der Waals surface area (Å²) < 4.78 is 16.6. The van der Waals surface area contributed by atoms with Crippen molar-refractivity contribution >= 4 is 23.2 Å². The van der Waals surface area contributed by atoms with Gasteiger partial charge in [-0.2, -0.15) is 0 Å². The van der Waals surface area contributed by atoms with Gasteiger partial charge in [0.05, 0.1) is 12.8 Å². The molecule has 2 atom stereocenters. The van der Waals surface area contributed by atoms with Gasteiger partial charge < -0.3 is 24.8 Å². The summed E-state index contributed by atoms with van der Waals surface area (Å²) >= 11 is 0. The van der Waals surface area contributed by atoms with Crippen molar-refractivity contribution in [1.29, 1.82) is 0 Å². The van der Waals surface area contributed by atoms with Crippen molar-refractivity contribution in [2.75, 3.05) is 17.7 Å². The molecule has 0 unspecified atom stereocenters. The average Bonchev–Trinajstić information content (AvgIpc) is 3.02. The number of carbonyl (C=O) groups excluding carboxylic acids is 2. The molecule has 0 saturated heterocycles. The quantitative estimate of drug-likeness (QED) is 0.870. The molecule has 2 N–H and O–H groups in total. The van der Waals surface area contributed by atoms with Crippen LogP contribution in [0.2, 0.25) is 0 Å². The molecule has 4 rings (SSSR count). The molecule has 2 aliphatic rings. The average molecular weight is 368 g/mol. The number of amides is 2. The van der Waals surface area contributed by atoms with E-state index in [1.165, 1.54) is 0 Å². The summed E-state index contributed by atoms with van der Waals surface area (Å²) in [4.78, 5) is 24.5. The van der Waals surface area contributed by atoms with Gasteiger partial charge in [0.2, 0.25) is 0 Å². The summed E-state index contributed by atoms with van der Waals surface area (Å²) in [5.41, 5.74) is 2.52. The van der Waals surface area contributed by atoms with Gasteiger partial charge in [0.25, 0.3) is 11.8 Å². The van der Waals surface area contributed by atoms with Crippen LogP contribution in [0.4, 0.5) is 11.4 Å². The summed E-state index contributed by atoms with van der Waals surface area (Å²) in [5.74, 6) is 1.33. The standard InChI is InChI=1S/C20H20N2O5/c1-10-6-12-7-13(8-17(25-3)18(12)26-10)20(24)21-14-4-5-16-15(9-14)22-19(23)11(2)27-16/h4-5,7-11H,6H2,1-3H3,(H,21,24)(H,22,23)/t10-,11+/m1/s1. The topological polar surface area (TPSA) is 85.9 Å². The molecule has 0 fully saturated rings. The van der Waals surface area contributed by atoms with Crippen molar-refractivity contribution in [3.63, 3.8) is 0 Å². The maximum atomic E-state index is 12.7. The SMILES string of the molecule is COc1cc(C(=O)Nc2ccc3c(c2)NC(=O)[C@H](C)O3)cc2c1O[C@H](C)C2. The smallest absolute Gasteiger partial charge is 0.265 e. The Hall–Kier alpha value is -3.22. The molecule has 0 bridgehead atoms. The van der Waals surface area contributed by atoms with E-state index >= 15 is 0 Å². The second kappa shape index (κ2) is 6.50. The van der Waals surface area contributed by atoms with E-state index < -0.39 is 6.10 Å². The van der Waals surface area contributed by atoms with E-state index in [0.717, 1.165) is 12.0 Å². The lowest BCUT2D eigenvalue weighted by Gasteiger charge is -2.23. The molecule has 2 aromatic rings. The number of carbonyl (C=O) groups is 2. The second-order valence-electron chi connectivity index (χ2n) is 6.71. The summed E-state index contributed by atoms with van der Waals surface area (Å²) in [6, 6.07) is 8.61. The van der Waals surface area contributed by atoms with Gasteiger partial charge in [0, 0.05) is 23.2 Å². The van der Waals surface area contributed by atoms with Crippen LogP contribution in [-0.4, -0.2) is 31.1 Å². The Morgan fingerprint density at radius 3 is 2.81 bits per heavy atom. The van der Waals surface area contributed by atoms with Gasteiger partial charge in [-0.15, -0.1) is 0 Å². The Morgan fingerprint density at radius 2 is 2.04 bits per heavy atom. The van der Waals surface area contributed by atoms with Gasteiger partial charge in [-0.25, -0.2) is 0 Å². The fraction of sp³-hybridized carbons (Fsp3) is 0.300. The molecule has 140 valence electrons. The monoisotopic (exact) mass is 368 g/mol. The van der Waals surface area contributed by atoms with Crippen molar-refractivity contribution in [3.05, 3.63) is 41.5 Å². The molecule has 2 heterocycles. The zero-order chi connectivity index (χ0) is 19.1. The van der Waals surface area contributed by atoms with Crippen molar-refractivity contribution in [2.24, 2.45) is 0 Å². The van der Waals surface area contributed by atoms with E-state index in [-0.39, 0.29) is 17.9 Å². The largest absolute Gasteiger partial charge is 0.493 e. The van der Waals surface area contributed by atoms with Crippen molar-refractivity contribution in [3.8, 4) is 17.2 Å². The molecule has 7 heteroatoms.